The Balaban J connectivity index is 1.40. The van der Waals surface area contributed by atoms with E-state index >= 15 is 0 Å². The zero-order valence-electron chi connectivity index (χ0n) is 24.3. The van der Waals surface area contributed by atoms with Crippen LogP contribution in [0.4, 0.5) is 10.7 Å². The molecule has 5 aromatic rings. The van der Waals surface area contributed by atoms with Crippen LogP contribution in [-0.4, -0.2) is 32.0 Å². The summed E-state index contributed by atoms with van der Waals surface area (Å²) >= 11 is 2.62. The van der Waals surface area contributed by atoms with Gasteiger partial charge in [0.1, 0.15) is 21.6 Å². The van der Waals surface area contributed by atoms with Gasteiger partial charge in [0.15, 0.2) is 0 Å². The van der Waals surface area contributed by atoms with Crippen LogP contribution in [0.2, 0.25) is 0 Å². The number of aryl methyl sites for hydroxylation is 1. The van der Waals surface area contributed by atoms with Crippen molar-refractivity contribution in [3.05, 3.63) is 131 Å². The topological polar surface area (TPSA) is 93.7 Å². The first-order valence-electron chi connectivity index (χ1n) is 13.7. The third kappa shape index (κ3) is 7.19. The maximum absolute atomic E-state index is 13.9. The number of thiophene rings is 1. The van der Waals surface area contributed by atoms with Crippen molar-refractivity contribution in [1.29, 1.82) is 0 Å². The number of rotatable bonds is 10. The number of carbonyl (C=O) groups excluding carboxylic acids is 3. The van der Waals surface area contributed by atoms with Crippen LogP contribution in [-0.2, 0) is 9.53 Å². The van der Waals surface area contributed by atoms with Crippen LogP contribution in [0, 0.1) is 6.92 Å². The van der Waals surface area contributed by atoms with E-state index in [9.17, 15) is 14.4 Å². The van der Waals surface area contributed by atoms with Crippen molar-refractivity contribution in [2.75, 3.05) is 24.9 Å². The van der Waals surface area contributed by atoms with E-state index in [1.54, 1.807) is 37.4 Å². The van der Waals surface area contributed by atoms with Gasteiger partial charge in [0, 0.05) is 27.1 Å². The summed E-state index contributed by atoms with van der Waals surface area (Å²) in [6.07, 6.45) is 0. The maximum atomic E-state index is 13.9. The average molecular weight is 623 g/mol. The fourth-order valence-corrected chi connectivity index (χ4v) is 6.57. The summed E-state index contributed by atoms with van der Waals surface area (Å²) in [5.41, 5.74) is 4.80. The number of ether oxygens (including phenoxy) is 2. The van der Waals surface area contributed by atoms with Crippen LogP contribution >= 0.6 is 23.1 Å². The van der Waals surface area contributed by atoms with Crippen molar-refractivity contribution in [3.63, 3.8) is 0 Å². The lowest BCUT2D eigenvalue weighted by molar-refractivity contribution is -0.115. The maximum Gasteiger partial charge on any atom is 0.341 e. The number of thioether (sulfide) groups is 1. The van der Waals surface area contributed by atoms with Gasteiger partial charge in [0.05, 0.1) is 14.2 Å². The van der Waals surface area contributed by atoms with Gasteiger partial charge < -0.3 is 20.1 Å². The van der Waals surface area contributed by atoms with Gasteiger partial charge in [-0.25, -0.2) is 4.79 Å². The summed E-state index contributed by atoms with van der Waals surface area (Å²) in [6.45, 7) is 2.00. The molecule has 2 N–H and O–H groups in total. The fourth-order valence-electron chi connectivity index (χ4n) is 4.53. The van der Waals surface area contributed by atoms with Crippen LogP contribution in [0.1, 0.15) is 37.1 Å². The molecule has 0 saturated heterocycles. The highest BCUT2D eigenvalue weighted by Gasteiger charge is 2.27. The predicted octanol–water partition coefficient (Wildman–Crippen LogP) is 8.24. The minimum absolute atomic E-state index is 0.277. The average Bonchev–Trinajstić information content (AvgIpc) is 3.47. The van der Waals surface area contributed by atoms with Crippen molar-refractivity contribution in [2.45, 2.75) is 17.1 Å². The predicted molar refractivity (Wildman–Crippen MR) is 177 cm³/mol. The van der Waals surface area contributed by atoms with E-state index in [2.05, 4.69) is 10.6 Å². The van der Waals surface area contributed by atoms with Gasteiger partial charge in [0.25, 0.3) is 5.91 Å². The molecule has 5 rings (SSSR count). The molecule has 0 aliphatic carbocycles. The van der Waals surface area contributed by atoms with Gasteiger partial charge in [-0.2, -0.15) is 0 Å². The Morgan fingerprint density at radius 3 is 2.30 bits per heavy atom. The number of nitrogens with one attached hydrogen (secondary N) is 2. The fraction of sp³-hybridized carbons (Fsp3) is 0.114. The third-order valence-electron chi connectivity index (χ3n) is 6.80. The lowest BCUT2D eigenvalue weighted by Gasteiger charge is -2.18. The Kier molecular flexibility index (Phi) is 9.79. The van der Waals surface area contributed by atoms with Crippen molar-refractivity contribution < 1.29 is 23.9 Å². The van der Waals surface area contributed by atoms with Crippen molar-refractivity contribution in [1.82, 2.24) is 0 Å². The molecule has 4 aromatic carbocycles. The molecule has 44 heavy (non-hydrogen) atoms. The van der Waals surface area contributed by atoms with Crippen LogP contribution in [0.3, 0.4) is 0 Å². The van der Waals surface area contributed by atoms with Gasteiger partial charge in [-0.15, -0.1) is 23.1 Å². The van der Waals surface area contributed by atoms with E-state index in [0.717, 1.165) is 21.6 Å². The molecule has 0 spiro atoms. The molecular formula is C35H30N2O5S2. The lowest BCUT2D eigenvalue weighted by Crippen LogP contribution is -2.20. The van der Waals surface area contributed by atoms with E-state index in [1.807, 2.05) is 85.1 Å². The number of amides is 2. The normalized spacial score (nSPS) is 11.3. The van der Waals surface area contributed by atoms with Crippen LogP contribution in [0.15, 0.2) is 113 Å². The highest BCUT2D eigenvalue weighted by atomic mass is 32.2. The molecule has 0 aliphatic rings. The quantitative estimate of drug-likeness (QED) is 0.120. The first-order valence-corrected chi connectivity index (χ1v) is 15.5. The van der Waals surface area contributed by atoms with Gasteiger partial charge in [-0.05, 0) is 54.4 Å². The zero-order valence-corrected chi connectivity index (χ0v) is 26.0. The Morgan fingerprint density at radius 1 is 0.818 bits per heavy atom. The van der Waals surface area contributed by atoms with E-state index in [0.29, 0.717) is 33.1 Å². The van der Waals surface area contributed by atoms with Crippen molar-refractivity contribution >= 4 is 51.6 Å². The highest BCUT2D eigenvalue weighted by molar-refractivity contribution is 8.00. The molecule has 1 aromatic heterocycles. The van der Waals surface area contributed by atoms with Crippen LogP contribution < -0.4 is 15.4 Å². The van der Waals surface area contributed by atoms with Gasteiger partial charge in [0.2, 0.25) is 5.91 Å². The molecule has 1 atom stereocenters. The van der Waals surface area contributed by atoms with E-state index < -0.39 is 11.2 Å². The molecule has 222 valence electrons. The second-order valence-electron chi connectivity index (χ2n) is 9.82. The van der Waals surface area contributed by atoms with E-state index in [1.165, 1.54) is 30.2 Å². The Morgan fingerprint density at radius 2 is 1.57 bits per heavy atom. The van der Waals surface area contributed by atoms with E-state index in [4.69, 9.17) is 9.47 Å². The number of benzene rings is 4. The molecule has 0 saturated carbocycles. The molecule has 2 amide bonds. The molecule has 0 bridgehead atoms. The Bertz CT molecular complexity index is 1780. The number of hydrogen-bond acceptors (Lipinski definition) is 7. The summed E-state index contributed by atoms with van der Waals surface area (Å²) in [4.78, 5) is 40.5. The van der Waals surface area contributed by atoms with Crippen molar-refractivity contribution in [3.8, 4) is 16.9 Å². The van der Waals surface area contributed by atoms with Gasteiger partial charge >= 0.3 is 5.97 Å². The van der Waals surface area contributed by atoms with Crippen LogP contribution in [0.5, 0.6) is 5.75 Å². The number of esters is 1. The first kappa shape index (κ1) is 30.6. The molecule has 9 heteroatoms. The standard InChI is InChI=1S/C35H30N2O5S2/c1-22-15-17-23(18-16-22)29-21-43-34(30(29)35(40)42-3)37-33(39)31(24-9-5-4-6-10-24)44-28-14-8-12-26(20-28)36-32(38)25-11-7-13-27(19-25)41-2/h4-21,31H,1-3H3,(H,36,38)(H,37,39). The number of carbonyl (C=O) groups is 3. The summed E-state index contributed by atoms with van der Waals surface area (Å²) in [5, 5.41) is 7.53. The molecule has 0 radical (unpaired) electrons. The molecule has 0 fully saturated rings. The summed E-state index contributed by atoms with van der Waals surface area (Å²) < 4.78 is 10.3. The minimum Gasteiger partial charge on any atom is -0.497 e. The smallest absolute Gasteiger partial charge is 0.341 e. The largest absolute Gasteiger partial charge is 0.497 e. The summed E-state index contributed by atoms with van der Waals surface area (Å²) in [7, 11) is 2.88. The SMILES string of the molecule is COC(=O)c1c(-c2ccc(C)cc2)csc1NC(=O)C(Sc1cccc(NC(=O)c2cccc(OC)c2)c1)c1ccccc1. The van der Waals surface area contributed by atoms with Gasteiger partial charge in [-0.3, -0.25) is 9.59 Å². The number of methoxy groups -OCH3 is 2. The Labute approximate surface area is 264 Å². The second-order valence-corrected chi connectivity index (χ2v) is 11.9. The molecule has 0 aliphatic heterocycles. The van der Waals surface area contributed by atoms with Gasteiger partial charge in [-0.1, -0.05) is 72.3 Å². The Hall–Kier alpha value is -4.86. The zero-order chi connectivity index (χ0) is 31.1. The van der Waals surface area contributed by atoms with E-state index in [-0.39, 0.29) is 11.8 Å². The molecule has 1 heterocycles. The van der Waals surface area contributed by atoms with Crippen LogP contribution in [0.25, 0.3) is 11.1 Å². The van der Waals surface area contributed by atoms with Crippen molar-refractivity contribution in [2.24, 2.45) is 0 Å². The number of anilines is 2. The minimum atomic E-state index is -0.657. The summed E-state index contributed by atoms with van der Waals surface area (Å²) in [6, 6.07) is 31.5. The monoisotopic (exact) mass is 622 g/mol. The summed E-state index contributed by atoms with van der Waals surface area (Å²) in [5.74, 6) is -0.512. The molecule has 7 nitrogen and oxygen atoms in total. The third-order valence-corrected chi connectivity index (χ3v) is 8.94. The molecular weight excluding hydrogens is 593 g/mol. The number of hydrogen-bond donors (Lipinski definition) is 2. The first-order chi connectivity index (χ1) is 21.4. The highest BCUT2D eigenvalue weighted by Crippen LogP contribution is 2.40. The second kappa shape index (κ2) is 14.1. The molecule has 1 unspecified atom stereocenters. The lowest BCUT2D eigenvalue weighted by atomic mass is 10.0.